The Bertz CT molecular complexity index is 1110. The molecule has 31 heavy (non-hydrogen) atoms. The number of nitrogens with zero attached hydrogens (tertiary/aromatic N) is 1. The van der Waals surface area contributed by atoms with Crippen molar-refractivity contribution in [2.75, 3.05) is 21.5 Å². The number of aryl methyl sites for hydroxylation is 2. The van der Waals surface area contributed by atoms with E-state index in [2.05, 4.69) is 23.9 Å². The SMILES string of the molecule is CCC(=O)Nc1ccc(S(=O)(=O)Nc2ccc3c(c2)CCC(=O)N3CC(C)C)c(C)c1. The van der Waals surface area contributed by atoms with Gasteiger partial charge in [0.25, 0.3) is 10.0 Å². The van der Waals surface area contributed by atoms with E-state index in [1.165, 1.54) is 6.07 Å². The number of carbonyl (C=O) groups is 2. The number of hydrogen-bond acceptors (Lipinski definition) is 4. The molecule has 0 saturated heterocycles. The summed E-state index contributed by atoms with van der Waals surface area (Å²) in [7, 11) is -3.81. The van der Waals surface area contributed by atoms with Crippen LogP contribution in [0.3, 0.4) is 0 Å². The molecule has 0 aliphatic carbocycles. The summed E-state index contributed by atoms with van der Waals surface area (Å²) in [5, 5.41) is 2.73. The van der Waals surface area contributed by atoms with E-state index in [4.69, 9.17) is 0 Å². The summed E-state index contributed by atoms with van der Waals surface area (Å²) in [4.78, 5) is 25.8. The van der Waals surface area contributed by atoms with Crippen molar-refractivity contribution in [3.63, 3.8) is 0 Å². The topological polar surface area (TPSA) is 95.6 Å². The third kappa shape index (κ3) is 5.25. The Hall–Kier alpha value is -2.87. The van der Waals surface area contributed by atoms with Gasteiger partial charge in [0.1, 0.15) is 0 Å². The van der Waals surface area contributed by atoms with Crippen molar-refractivity contribution in [1.82, 2.24) is 0 Å². The van der Waals surface area contributed by atoms with Crippen LogP contribution >= 0.6 is 0 Å². The maximum absolute atomic E-state index is 13.0. The van der Waals surface area contributed by atoms with Gasteiger partial charge in [0, 0.05) is 36.4 Å². The van der Waals surface area contributed by atoms with Crippen molar-refractivity contribution in [2.24, 2.45) is 5.92 Å². The second-order valence-electron chi connectivity index (χ2n) is 8.23. The fraction of sp³-hybridized carbons (Fsp3) is 0.391. The number of rotatable bonds is 7. The number of amides is 2. The number of hydrogen-bond donors (Lipinski definition) is 2. The van der Waals surface area contributed by atoms with Crippen LogP contribution < -0.4 is 14.9 Å². The zero-order chi connectivity index (χ0) is 22.8. The molecule has 7 nitrogen and oxygen atoms in total. The molecule has 8 heteroatoms. The van der Waals surface area contributed by atoms with Gasteiger partial charge in [-0.3, -0.25) is 14.3 Å². The summed E-state index contributed by atoms with van der Waals surface area (Å²) in [6.07, 6.45) is 1.35. The van der Waals surface area contributed by atoms with Crippen molar-refractivity contribution >= 4 is 38.9 Å². The second kappa shape index (κ2) is 9.09. The monoisotopic (exact) mass is 443 g/mol. The number of sulfonamides is 1. The summed E-state index contributed by atoms with van der Waals surface area (Å²) in [6.45, 7) is 8.20. The molecule has 2 aromatic carbocycles. The first kappa shape index (κ1) is 22.8. The molecule has 1 aliphatic rings. The highest BCUT2D eigenvalue weighted by Crippen LogP contribution is 2.32. The average molecular weight is 444 g/mol. The summed E-state index contributed by atoms with van der Waals surface area (Å²) in [5.74, 6) is 0.300. The number of carbonyl (C=O) groups excluding carboxylic acids is 2. The molecule has 0 bridgehead atoms. The largest absolute Gasteiger partial charge is 0.326 e. The molecule has 0 spiro atoms. The first-order valence-electron chi connectivity index (χ1n) is 10.5. The lowest BCUT2D eigenvalue weighted by Gasteiger charge is -2.31. The molecule has 1 aliphatic heterocycles. The summed E-state index contributed by atoms with van der Waals surface area (Å²) in [5.41, 5.74) is 3.36. The molecule has 0 saturated carbocycles. The molecular weight excluding hydrogens is 414 g/mol. The molecule has 0 unspecified atom stereocenters. The van der Waals surface area contributed by atoms with Crippen LogP contribution in [-0.4, -0.2) is 26.8 Å². The predicted octanol–water partition coefficient (Wildman–Crippen LogP) is 4.08. The first-order chi connectivity index (χ1) is 14.6. The lowest BCUT2D eigenvalue weighted by molar-refractivity contribution is -0.119. The van der Waals surface area contributed by atoms with E-state index in [1.807, 2.05) is 6.07 Å². The predicted molar refractivity (Wildman–Crippen MR) is 123 cm³/mol. The first-order valence-corrected chi connectivity index (χ1v) is 12.0. The van der Waals surface area contributed by atoms with Crippen LogP contribution in [0, 0.1) is 12.8 Å². The molecule has 2 aromatic rings. The maximum atomic E-state index is 13.0. The lowest BCUT2D eigenvalue weighted by Crippen LogP contribution is -2.37. The quantitative estimate of drug-likeness (QED) is 0.674. The highest BCUT2D eigenvalue weighted by molar-refractivity contribution is 7.92. The fourth-order valence-electron chi connectivity index (χ4n) is 3.68. The van der Waals surface area contributed by atoms with Crippen LogP contribution in [0.1, 0.15) is 44.7 Å². The summed E-state index contributed by atoms with van der Waals surface area (Å²) < 4.78 is 28.6. The minimum Gasteiger partial charge on any atom is -0.326 e. The van der Waals surface area contributed by atoms with Crippen LogP contribution in [0.5, 0.6) is 0 Å². The zero-order valence-electron chi connectivity index (χ0n) is 18.4. The van der Waals surface area contributed by atoms with Crippen molar-refractivity contribution in [3.8, 4) is 0 Å². The average Bonchev–Trinajstić information content (AvgIpc) is 2.69. The van der Waals surface area contributed by atoms with Gasteiger partial charge in [-0.05, 0) is 66.8 Å². The molecule has 1 heterocycles. The lowest BCUT2D eigenvalue weighted by atomic mass is 9.99. The van der Waals surface area contributed by atoms with Gasteiger partial charge in [-0.1, -0.05) is 20.8 Å². The summed E-state index contributed by atoms with van der Waals surface area (Å²) in [6, 6.07) is 10.0. The number of benzene rings is 2. The molecule has 2 amide bonds. The molecular formula is C23H29N3O4S. The van der Waals surface area contributed by atoms with E-state index in [-0.39, 0.29) is 16.7 Å². The van der Waals surface area contributed by atoms with Gasteiger partial charge >= 0.3 is 0 Å². The van der Waals surface area contributed by atoms with Gasteiger partial charge in [0.2, 0.25) is 11.8 Å². The Morgan fingerprint density at radius 2 is 1.81 bits per heavy atom. The van der Waals surface area contributed by atoms with Crippen molar-refractivity contribution in [1.29, 1.82) is 0 Å². The fourth-order valence-corrected chi connectivity index (χ4v) is 4.95. The zero-order valence-corrected chi connectivity index (χ0v) is 19.2. The highest BCUT2D eigenvalue weighted by atomic mass is 32.2. The van der Waals surface area contributed by atoms with Gasteiger partial charge < -0.3 is 10.2 Å². The van der Waals surface area contributed by atoms with Gasteiger partial charge in [-0.2, -0.15) is 0 Å². The maximum Gasteiger partial charge on any atom is 0.262 e. The van der Waals surface area contributed by atoms with Crippen LogP contribution in [0.15, 0.2) is 41.3 Å². The summed E-state index contributed by atoms with van der Waals surface area (Å²) >= 11 is 0. The van der Waals surface area contributed by atoms with Crippen molar-refractivity contribution < 1.29 is 18.0 Å². The molecule has 2 N–H and O–H groups in total. The third-order valence-corrected chi connectivity index (χ3v) is 6.69. The van der Waals surface area contributed by atoms with E-state index < -0.39 is 10.0 Å². The van der Waals surface area contributed by atoms with E-state index in [0.29, 0.717) is 48.7 Å². The number of nitrogens with one attached hydrogen (secondary N) is 2. The van der Waals surface area contributed by atoms with Crippen LogP contribution in [-0.2, 0) is 26.0 Å². The van der Waals surface area contributed by atoms with Gasteiger partial charge in [-0.25, -0.2) is 8.42 Å². The smallest absolute Gasteiger partial charge is 0.262 e. The molecule has 0 atom stereocenters. The molecule has 166 valence electrons. The third-order valence-electron chi connectivity index (χ3n) is 5.15. The number of fused-ring (bicyclic) bond motifs is 1. The Labute approximate surface area is 183 Å². The normalized spacial score (nSPS) is 13.8. The Balaban J connectivity index is 1.84. The minimum atomic E-state index is -3.81. The highest BCUT2D eigenvalue weighted by Gasteiger charge is 2.25. The Morgan fingerprint density at radius 1 is 1.10 bits per heavy atom. The number of anilines is 3. The van der Waals surface area contributed by atoms with Gasteiger partial charge in [-0.15, -0.1) is 0 Å². The Kier molecular flexibility index (Phi) is 6.69. The van der Waals surface area contributed by atoms with E-state index in [1.54, 1.807) is 43.0 Å². The van der Waals surface area contributed by atoms with E-state index in [0.717, 1.165) is 11.3 Å². The Morgan fingerprint density at radius 3 is 2.45 bits per heavy atom. The van der Waals surface area contributed by atoms with Crippen LogP contribution in [0.4, 0.5) is 17.1 Å². The molecule has 0 fully saturated rings. The second-order valence-corrected chi connectivity index (χ2v) is 9.88. The minimum absolute atomic E-state index is 0.0976. The van der Waals surface area contributed by atoms with E-state index in [9.17, 15) is 18.0 Å². The standard InChI is InChI=1S/C23H29N3O4S/c1-5-22(27)24-18-8-10-21(16(4)12-18)31(29,30)25-19-7-9-20-17(13-19)6-11-23(28)26(20)14-15(2)3/h7-10,12-13,15,25H,5-6,11,14H2,1-4H3,(H,24,27). The van der Waals surface area contributed by atoms with Crippen LogP contribution in [0.25, 0.3) is 0 Å². The molecule has 3 rings (SSSR count). The molecule has 0 radical (unpaired) electrons. The van der Waals surface area contributed by atoms with Crippen molar-refractivity contribution in [3.05, 3.63) is 47.5 Å². The van der Waals surface area contributed by atoms with Gasteiger partial charge in [0.15, 0.2) is 0 Å². The van der Waals surface area contributed by atoms with E-state index >= 15 is 0 Å². The van der Waals surface area contributed by atoms with Crippen LogP contribution in [0.2, 0.25) is 0 Å². The van der Waals surface area contributed by atoms with Crippen molar-refractivity contribution in [2.45, 2.75) is 51.9 Å². The molecule has 0 aromatic heterocycles. The van der Waals surface area contributed by atoms with Gasteiger partial charge in [0.05, 0.1) is 4.90 Å².